The Hall–Kier alpha value is -4.88. The lowest BCUT2D eigenvalue weighted by molar-refractivity contribution is -0.134. The molecule has 0 spiro atoms. The van der Waals surface area contributed by atoms with E-state index in [1.54, 1.807) is 10.8 Å². The second-order valence-corrected chi connectivity index (χ2v) is 16.3. The number of hydrogen-bond acceptors (Lipinski definition) is 11. The number of nitrogens with one attached hydrogen (secondary N) is 3. The molecule has 2 aromatic heterocycles. The number of rotatable bonds is 11. The maximum atomic E-state index is 13.6. The van der Waals surface area contributed by atoms with Crippen molar-refractivity contribution < 1.29 is 14.4 Å². The van der Waals surface area contributed by atoms with Crippen molar-refractivity contribution in [1.29, 1.82) is 0 Å². The van der Waals surface area contributed by atoms with Gasteiger partial charge >= 0.3 is 0 Å². The Balaban J connectivity index is 0.779. The van der Waals surface area contributed by atoms with E-state index in [-0.39, 0.29) is 40.7 Å². The number of allylic oxidation sites excluding steroid dienone is 2. The highest BCUT2D eigenvalue weighted by molar-refractivity contribution is 6.01. The van der Waals surface area contributed by atoms with Gasteiger partial charge in [-0.1, -0.05) is 36.6 Å². The highest BCUT2D eigenvalue weighted by Crippen LogP contribution is 2.32. The number of likely N-dealkylation sites (tertiary alicyclic amines) is 1. The molecule has 0 radical (unpaired) electrons. The van der Waals surface area contributed by atoms with Crippen molar-refractivity contribution in [3.8, 4) is 0 Å². The summed E-state index contributed by atoms with van der Waals surface area (Å²) in [6.07, 6.45) is 15.5. The van der Waals surface area contributed by atoms with Gasteiger partial charge < -0.3 is 20.4 Å². The summed E-state index contributed by atoms with van der Waals surface area (Å²) in [5.74, 6) is 0.443. The first kappa shape index (κ1) is 38.0. The van der Waals surface area contributed by atoms with Crippen LogP contribution in [-0.4, -0.2) is 100 Å². The molecule has 2 amide bonds. The number of Topliss-reactive ketones (excluding diaryl/α,β-unsaturated/α-hetero) is 1. The van der Waals surface area contributed by atoms with E-state index in [1.165, 1.54) is 31.0 Å². The molecule has 13 heteroatoms. The molecule has 1 aromatic carbocycles. The molecule has 56 heavy (non-hydrogen) atoms. The SMILES string of the molecule is CC(=O)c1c(C)c2cnc(NC3=CC=C(CCCN4CCC(N5CCN(c6ccc(C7CCC(=O)NC7=O)cc6)CC5)CC4)CN3)nc2n(C2CCCC2)c1=O. The Kier molecular flexibility index (Phi) is 11.3. The van der Waals surface area contributed by atoms with Gasteiger partial charge in [-0.05, 0) is 108 Å². The van der Waals surface area contributed by atoms with Crippen LogP contribution in [0.15, 0.2) is 58.8 Å². The minimum absolute atomic E-state index is 0.0459. The molecule has 4 fully saturated rings. The topological polar surface area (TPSA) is 145 Å². The van der Waals surface area contributed by atoms with Crippen LogP contribution < -0.4 is 26.4 Å². The number of piperidine rings is 2. The van der Waals surface area contributed by atoms with Crippen molar-refractivity contribution in [1.82, 2.24) is 35.0 Å². The fraction of sp³-hybridized carbons (Fsp3) is 0.535. The number of benzene rings is 1. The number of aromatic nitrogens is 3. The number of fused-ring (bicyclic) bond motifs is 1. The van der Waals surface area contributed by atoms with Crippen LogP contribution in [-0.2, 0) is 9.59 Å². The summed E-state index contributed by atoms with van der Waals surface area (Å²) in [6, 6.07) is 9.06. The molecule has 1 saturated carbocycles. The van der Waals surface area contributed by atoms with Crippen molar-refractivity contribution in [2.45, 2.75) is 96.1 Å². The lowest BCUT2D eigenvalue weighted by Gasteiger charge is -2.43. The van der Waals surface area contributed by atoms with Crippen LogP contribution in [0.4, 0.5) is 11.6 Å². The van der Waals surface area contributed by atoms with Gasteiger partial charge in [-0.3, -0.25) is 34.0 Å². The molecule has 13 nitrogen and oxygen atoms in total. The first-order valence-corrected chi connectivity index (χ1v) is 20.7. The fourth-order valence-corrected chi connectivity index (χ4v) is 9.53. The Labute approximate surface area is 328 Å². The zero-order chi connectivity index (χ0) is 38.8. The average Bonchev–Trinajstić information content (AvgIpc) is 3.74. The highest BCUT2D eigenvalue weighted by Gasteiger charge is 2.30. The van der Waals surface area contributed by atoms with Gasteiger partial charge in [-0.25, -0.2) is 4.98 Å². The number of nitrogens with zero attached hydrogens (tertiary/aromatic N) is 6. The monoisotopic (exact) mass is 761 g/mol. The third kappa shape index (κ3) is 8.15. The molecule has 1 atom stereocenters. The number of pyridine rings is 1. The Morgan fingerprint density at radius 2 is 1.66 bits per heavy atom. The average molecular weight is 762 g/mol. The van der Waals surface area contributed by atoms with Crippen LogP contribution in [0.25, 0.3) is 11.0 Å². The van der Waals surface area contributed by atoms with E-state index in [0.717, 1.165) is 108 Å². The molecular weight excluding hydrogens is 707 g/mol. The third-order valence-electron chi connectivity index (χ3n) is 12.7. The molecule has 296 valence electrons. The van der Waals surface area contributed by atoms with Gasteiger partial charge in [0.2, 0.25) is 17.8 Å². The van der Waals surface area contributed by atoms with Crippen LogP contribution >= 0.6 is 0 Å². The van der Waals surface area contributed by atoms with Crippen LogP contribution in [0, 0.1) is 6.92 Å². The van der Waals surface area contributed by atoms with E-state index in [0.29, 0.717) is 36.0 Å². The summed E-state index contributed by atoms with van der Waals surface area (Å²) in [6.45, 7) is 11.6. The lowest BCUT2D eigenvalue weighted by atomic mass is 9.90. The van der Waals surface area contributed by atoms with Gasteiger partial charge in [0.15, 0.2) is 5.78 Å². The quantitative estimate of drug-likeness (QED) is 0.183. The molecule has 5 aliphatic rings. The van der Waals surface area contributed by atoms with Gasteiger partial charge in [0.05, 0.1) is 11.5 Å². The predicted octanol–water partition coefficient (Wildman–Crippen LogP) is 4.79. The minimum atomic E-state index is -0.240. The van der Waals surface area contributed by atoms with Crippen LogP contribution in [0.1, 0.15) is 105 Å². The van der Waals surface area contributed by atoms with Gasteiger partial charge in [-0.15, -0.1) is 0 Å². The zero-order valence-corrected chi connectivity index (χ0v) is 32.8. The van der Waals surface area contributed by atoms with Gasteiger partial charge in [0.25, 0.3) is 5.56 Å². The number of hydrogen-bond donors (Lipinski definition) is 3. The van der Waals surface area contributed by atoms with Gasteiger partial charge in [-0.2, -0.15) is 4.98 Å². The largest absolute Gasteiger partial charge is 0.369 e. The van der Waals surface area contributed by atoms with E-state index in [4.69, 9.17) is 4.98 Å². The number of amides is 2. The molecule has 1 unspecified atom stereocenters. The van der Waals surface area contributed by atoms with Gasteiger partial charge in [0, 0.05) is 68.5 Å². The number of piperazine rings is 1. The number of aryl methyl sites for hydroxylation is 1. The number of dihydropyridines is 1. The van der Waals surface area contributed by atoms with E-state index >= 15 is 0 Å². The fourth-order valence-electron chi connectivity index (χ4n) is 9.53. The molecular formula is C43H55N9O4. The maximum Gasteiger partial charge on any atom is 0.263 e. The number of imide groups is 1. The first-order valence-electron chi connectivity index (χ1n) is 20.7. The molecule has 3 N–H and O–H groups in total. The third-order valence-corrected chi connectivity index (χ3v) is 12.7. The maximum absolute atomic E-state index is 13.6. The zero-order valence-electron chi connectivity index (χ0n) is 32.8. The summed E-state index contributed by atoms with van der Waals surface area (Å²) in [7, 11) is 0. The summed E-state index contributed by atoms with van der Waals surface area (Å²) in [4.78, 5) is 67.0. The normalized spacial score (nSPS) is 21.8. The van der Waals surface area contributed by atoms with Gasteiger partial charge in [0.1, 0.15) is 11.5 Å². The molecule has 0 bridgehead atoms. The van der Waals surface area contributed by atoms with Crippen molar-refractivity contribution in [2.75, 3.05) is 62.6 Å². The Morgan fingerprint density at radius 3 is 2.34 bits per heavy atom. The molecule has 4 aliphatic heterocycles. The number of ketones is 1. The van der Waals surface area contributed by atoms with E-state index < -0.39 is 0 Å². The summed E-state index contributed by atoms with van der Waals surface area (Å²) in [5, 5.41) is 10.0. The minimum Gasteiger partial charge on any atom is -0.369 e. The van der Waals surface area contributed by atoms with Crippen LogP contribution in [0.5, 0.6) is 0 Å². The summed E-state index contributed by atoms with van der Waals surface area (Å²) in [5.41, 5.74) is 4.80. The van der Waals surface area contributed by atoms with Crippen LogP contribution in [0.3, 0.4) is 0 Å². The summed E-state index contributed by atoms with van der Waals surface area (Å²) < 4.78 is 1.75. The second-order valence-electron chi connectivity index (χ2n) is 16.3. The Morgan fingerprint density at radius 1 is 0.911 bits per heavy atom. The number of anilines is 2. The molecule has 3 saturated heterocycles. The second kappa shape index (κ2) is 16.7. The molecule has 3 aromatic rings. The van der Waals surface area contributed by atoms with Crippen molar-refractivity contribution in [3.05, 3.63) is 81.1 Å². The first-order chi connectivity index (χ1) is 27.2. The molecule has 1 aliphatic carbocycles. The lowest BCUT2D eigenvalue weighted by Crippen LogP contribution is -2.53. The van der Waals surface area contributed by atoms with E-state index in [2.05, 4.69) is 66.0 Å². The van der Waals surface area contributed by atoms with E-state index in [1.807, 2.05) is 13.0 Å². The van der Waals surface area contributed by atoms with Crippen molar-refractivity contribution in [2.24, 2.45) is 0 Å². The predicted molar refractivity (Wildman–Crippen MR) is 218 cm³/mol. The highest BCUT2D eigenvalue weighted by atomic mass is 16.2. The van der Waals surface area contributed by atoms with Crippen LogP contribution in [0.2, 0.25) is 0 Å². The number of carbonyl (C=O) groups excluding carboxylic acids is 3. The molecule has 8 rings (SSSR count). The number of carbonyl (C=O) groups is 3. The molecule has 6 heterocycles. The van der Waals surface area contributed by atoms with E-state index in [9.17, 15) is 19.2 Å². The standard InChI is InChI=1S/C43H55N9O4/c1-28-36-27-45-43(48-40(36)52(34-7-3-4-8-34)42(56)39(28)29(2)53)46-37-15-9-30(26-44-37)6-5-19-49-20-17-33(18-21-49)51-24-22-50(23-25-51)32-12-10-31(11-13-32)35-14-16-38(54)47-41(35)55/h9-13,15,27,33-35,44H,3-8,14,16-26H2,1-2H3,(H,45,46,48)(H,47,54,55). The smallest absolute Gasteiger partial charge is 0.263 e. The summed E-state index contributed by atoms with van der Waals surface area (Å²) >= 11 is 0. The Bertz CT molecular complexity index is 2090. The van der Waals surface area contributed by atoms with Crippen molar-refractivity contribution in [3.63, 3.8) is 0 Å². The van der Waals surface area contributed by atoms with Crippen molar-refractivity contribution >= 4 is 40.3 Å².